The molecule has 5 heterocycles. The number of ether oxygens (including phenoxy) is 1. The summed E-state index contributed by atoms with van der Waals surface area (Å²) < 4.78 is 9.84. The van der Waals surface area contributed by atoms with Crippen LogP contribution in [0.15, 0.2) is 41.1 Å². The number of nitrogens with zero attached hydrogens (tertiary/aromatic N) is 6. The topological polar surface area (TPSA) is 166 Å². The molecule has 12 nitrogen and oxygen atoms in total. The zero-order valence-electron chi connectivity index (χ0n) is 25.2. The number of nitrogens with one attached hydrogen (secondary N) is 1. The molecule has 0 aromatic carbocycles. The number of carbonyl (C=O) groups excluding carboxylic acids is 1. The number of nitrogen functional groups attached to an aromatic ring is 1. The number of allylic oxidation sites excluding steroid dienone is 3. The van der Waals surface area contributed by atoms with E-state index >= 15 is 0 Å². The van der Waals surface area contributed by atoms with Gasteiger partial charge in [-0.1, -0.05) is 6.82 Å². The Bertz CT molecular complexity index is 1610. The maximum Gasteiger partial charge on any atom is 0.238 e. The third-order valence-corrected chi connectivity index (χ3v) is 8.94. The van der Waals surface area contributed by atoms with Crippen molar-refractivity contribution in [3.05, 3.63) is 53.0 Å². The molecule has 0 radical (unpaired) electrons. The van der Waals surface area contributed by atoms with Crippen LogP contribution >= 0.6 is 11.8 Å². The van der Waals surface area contributed by atoms with Crippen LogP contribution in [0.4, 0.5) is 5.82 Å². The number of aliphatic hydroxyl groups excluding tert-OH is 2. The summed E-state index contributed by atoms with van der Waals surface area (Å²) in [5.74, 6) is 0.669. The third kappa shape index (κ3) is 6.28. The predicted molar refractivity (Wildman–Crippen MR) is 171 cm³/mol. The Morgan fingerprint density at radius 3 is 2.70 bits per heavy atom. The highest BCUT2D eigenvalue weighted by atomic mass is 32.2. The summed E-state index contributed by atoms with van der Waals surface area (Å²) in [6.07, 6.45) is 2.57. The van der Waals surface area contributed by atoms with Gasteiger partial charge in [-0.25, -0.2) is 15.0 Å². The number of aryl methyl sites for hydroxylation is 2. The first-order valence-corrected chi connectivity index (χ1v) is 15.7. The molecule has 14 heteroatoms. The Balaban J connectivity index is 1.13. The molecule has 1 saturated heterocycles. The van der Waals surface area contributed by atoms with Crippen molar-refractivity contribution in [3.8, 4) is 0 Å². The molecule has 1 fully saturated rings. The van der Waals surface area contributed by atoms with Gasteiger partial charge in [-0.05, 0) is 63.8 Å². The highest BCUT2D eigenvalue weighted by molar-refractivity contribution is 8.00. The molecular formula is C29H39BN8O4S. The number of carbonyl (C=O) groups is 1. The number of aromatic nitrogens is 5. The van der Waals surface area contributed by atoms with Crippen molar-refractivity contribution in [1.29, 1.82) is 0 Å². The molecule has 228 valence electrons. The van der Waals surface area contributed by atoms with Crippen molar-refractivity contribution in [2.75, 3.05) is 23.8 Å². The average molecular weight is 607 g/mol. The van der Waals surface area contributed by atoms with Gasteiger partial charge in [0.15, 0.2) is 17.7 Å². The van der Waals surface area contributed by atoms with Gasteiger partial charge in [0.25, 0.3) is 0 Å². The van der Waals surface area contributed by atoms with Crippen LogP contribution in [0, 0.1) is 13.8 Å². The minimum Gasteiger partial charge on any atom is -0.393 e. The van der Waals surface area contributed by atoms with E-state index in [-0.39, 0.29) is 17.5 Å². The van der Waals surface area contributed by atoms with Gasteiger partial charge in [-0.15, -0.1) is 11.8 Å². The number of imidazole rings is 1. The number of anilines is 1. The predicted octanol–water partition coefficient (Wildman–Crippen LogP) is 2.16. The fraction of sp³-hybridized carbons (Fsp3) is 0.483. The second-order valence-electron chi connectivity index (χ2n) is 11.1. The Morgan fingerprint density at radius 1 is 1.19 bits per heavy atom. The molecule has 3 aromatic heterocycles. The van der Waals surface area contributed by atoms with Gasteiger partial charge in [0.2, 0.25) is 13.3 Å². The Labute approximate surface area is 255 Å². The standard InChI is InChI=1S/C29H39BN8O4S/c1-15-9-17(3)36-22(15)19(24-16(2)10-18(4)38(24)30-5)7-6-8-32-21(39)12-43-11-20-25(40)26(41)29(42-20)37-14-35-23-27(31)33-13-34-28(23)37/h9-10,13-14,20,25-26,29-30,40-41H,6-8,11-12H2,1-5H3,(H,32,39)(H2,31,33,34)/b22-19-/t20-,25?,26+,29-/m1/s1. The van der Waals surface area contributed by atoms with E-state index in [0.717, 1.165) is 37.2 Å². The SMILES string of the molecule is CBn1c(C)cc(C)c1/C(CCCNC(=O)CSC[C@H]1O[C@@H](n2cnc3c(N)ncnc32)[C@@H](O)C1O)=C1\N=C(C)C=C1C. The molecule has 1 amide bonds. The molecule has 5 rings (SSSR count). The fourth-order valence-corrected chi connectivity index (χ4v) is 6.87. The lowest BCUT2D eigenvalue weighted by Crippen LogP contribution is -2.33. The maximum absolute atomic E-state index is 12.6. The smallest absolute Gasteiger partial charge is 0.238 e. The summed E-state index contributed by atoms with van der Waals surface area (Å²) >= 11 is 1.34. The largest absolute Gasteiger partial charge is 0.393 e. The molecule has 2 aliphatic rings. The molecule has 0 aliphatic carbocycles. The Morgan fingerprint density at radius 2 is 1.98 bits per heavy atom. The number of hydrogen-bond acceptors (Lipinski definition) is 10. The summed E-state index contributed by atoms with van der Waals surface area (Å²) in [5.41, 5.74) is 14.8. The van der Waals surface area contributed by atoms with Crippen LogP contribution in [0.25, 0.3) is 16.7 Å². The molecule has 5 N–H and O–H groups in total. The van der Waals surface area contributed by atoms with E-state index in [9.17, 15) is 15.0 Å². The molecule has 4 atom stereocenters. The number of amides is 1. The highest BCUT2D eigenvalue weighted by Gasteiger charge is 2.44. The van der Waals surface area contributed by atoms with Gasteiger partial charge in [0.1, 0.15) is 24.1 Å². The number of rotatable bonds is 11. The molecular weight excluding hydrogens is 567 g/mol. The number of nitrogens with two attached hydrogens (primary N) is 1. The lowest BCUT2D eigenvalue weighted by atomic mass is 9.93. The first-order chi connectivity index (χ1) is 20.6. The van der Waals surface area contributed by atoms with Crippen LogP contribution in [0.5, 0.6) is 0 Å². The maximum atomic E-state index is 12.6. The monoisotopic (exact) mass is 606 g/mol. The van der Waals surface area contributed by atoms with Crippen LogP contribution in [0.2, 0.25) is 6.82 Å². The van der Waals surface area contributed by atoms with Crippen LogP contribution in [-0.4, -0.2) is 89.6 Å². The highest BCUT2D eigenvalue weighted by Crippen LogP contribution is 2.35. The van der Waals surface area contributed by atoms with Crippen LogP contribution < -0.4 is 11.1 Å². The van der Waals surface area contributed by atoms with E-state index in [1.807, 2.05) is 6.92 Å². The zero-order chi connectivity index (χ0) is 30.8. The number of hydrogen-bond donors (Lipinski definition) is 4. The number of thioether (sulfide) groups is 1. The Hall–Kier alpha value is -3.46. The van der Waals surface area contributed by atoms with Crippen LogP contribution in [0.1, 0.15) is 49.9 Å². The van der Waals surface area contributed by atoms with E-state index in [4.69, 9.17) is 15.5 Å². The zero-order valence-corrected chi connectivity index (χ0v) is 26.1. The molecule has 3 aromatic rings. The molecule has 43 heavy (non-hydrogen) atoms. The van der Waals surface area contributed by atoms with Crippen molar-refractivity contribution in [3.63, 3.8) is 0 Å². The van der Waals surface area contributed by atoms with Crippen molar-refractivity contribution in [2.24, 2.45) is 4.99 Å². The summed E-state index contributed by atoms with van der Waals surface area (Å²) in [6.45, 7) is 11.1. The van der Waals surface area contributed by atoms with Crippen LogP contribution in [-0.2, 0) is 9.53 Å². The van der Waals surface area contributed by atoms with Gasteiger partial charge in [-0.2, -0.15) is 0 Å². The first kappa shape index (κ1) is 31.0. The third-order valence-electron chi connectivity index (χ3n) is 7.91. The van der Waals surface area contributed by atoms with Crippen molar-refractivity contribution >= 4 is 53.4 Å². The van der Waals surface area contributed by atoms with Gasteiger partial charge >= 0.3 is 0 Å². The number of fused-ring (bicyclic) bond motifs is 1. The molecule has 1 unspecified atom stereocenters. The lowest BCUT2D eigenvalue weighted by Gasteiger charge is -2.17. The first-order valence-electron chi connectivity index (χ1n) is 14.5. The van der Waals surface area contributed by atoms with E-state index < -0.39 is 24.5 Å². The van der Waals surface area contributed by atoms with E-state index in [1.54, 1.807) is 0 Å². The van der Waals surface area contributed by atoms with Crippen molar-refractivity contribution in [2.45, 2.75) is 71.9 Å². The molecule has 0 bridgehead atoms. The van der Waals surface area contributed by atoms with E-state index in [2.05, 4.69) is 64.5 Å². The second kappa shape index (κ2) is 13.0. The fourth-order valence-electron chi connectivity index (χ4n) is 5.95. The Kier molecular flexibility index (Phi) is 9.40. The lowest BCUT2D eigenvalue weighted by molar-refractivity contribution is -0.118. The van der Waals surface area contributed by atoms with Gasteiger partial charge in [-0.3, -0.25) is 14.4 Å². The van der Waals surface area contributed by atoms with Crippen molar-refractivity contribution < 1.29 is 19.7 Å². The minimum atomic E-state index is -1.19. The second-order valence-corrected chi connectivity index (χ2v) is 12.1. The summed E-state index contributed by atoms with van der Waals surface area (Å²) in [6, 6.07) is 2.22. The normalized spacial score (nSPS) is 23.0. The van der Waals surface area contributed by atoms with Gasteiger partial charge < -0.3 is 30.5 Å². The molecule has 0 spiro atoms. The van der Waals surface area contributed by atoms with Gasteiger partial charge in [0, 0.05) is 35.0 Å². The van der Waals surface area contributed by atoms with Crippen molar-refractivity contribution in [1.82, 2.24) is 29.3 Å². The summed E-state index contributed by atoms with van der Waals surface area (Å²) in [4.78, 5) is 29.8. The molecule has 2 aliphatic heterocycles. The number of aliphatic imine (C=N–C) groups is 1. The van der Waals surface area contributed by atoms with Gasteiger partial charge in [0.05, 0.1) is 23.9 Å². The van der Waals surface area contributed by atoms with Crippen LogP contribution in [0.3, 0.4) is 0 Å². The number of aliphatic hydroxyl groups is 2. The minimum absolute atomic E-state index is 0.0914. The summed E-state index contributed by atoms with van der Waals surface area (Å²) in [7, 11) is 0.879. The molecule has 0 saturated carbocycles. The van der Waals surface area contributed by atoms with E-state index in [1.165, 1.54) is 51.5 Å². The average Bonchev–Trinajstić information content (AvgIpc) is 3.69. The summed E-state index contributed by atoms with van der Waals surface area (Å²) in [5, 5.41) is 24.3. The quantitative estimate of drug-likeness (QED) is 0.189. The van der Waals surface area contributed by atoms with E-state index in [0.29, 0.717) is 23.5 Å².